The molecule has 0 radical (unpaired) electrons. The number of rotatable bonds is 11. The SMILES string of the molecule is CCCNC(=O)[C@H](C)N(Cc1ccccc1)C(=O)COc1ccc([N+](=O)[O-])c(OC)c1. The van der Waals surface area contributed by atoms with Crippen molar-refractivity contribution >= 4 is 17.5 Å². The number of nitrogens with zero attached hydrogens (tertiary/aromatic N) is 2. The van der Waals surface area contributed by atoms with Crippen molar-refractivity contribution in [3.8, 4) is 11.5 Å². The third-order valence-corrected chi connectivity index (χ3v) is 4.62. The first-order chi connectivity index (χ1) is 14.9. The monoisotopic (exact) mass is 429 g/mol. The Kier molecular flexibility index (Phi) is 8.80. The van der Waals surface area contributed by atoms with Crippen molar-refractivity contribution in [1.82, 2.24) is 10.2 Å². The lowest BCUT2D eigenvalue weighted by Crippen LogP contribution is -2.49. The van der Waals surface area contributed by atoms with Crippen molar-refractivity contribution in [2.45, 2.75) is 32.9 Å². The van der Waals surface area contributed by atoms with Crippen LogP contribution in [0.25, 0.3) is 0 Å². The molecule has 0 aliphatic carbocycles. The van der Waals surface area contributed by atoms with E-state index in [-0.39, 0.29) is 42.2 Å². The van der Waals surface area contributed by atoms with Gasteiger partial charge < -0.3 is 19.7 Å². The van der Waals surface area contributed by atoms with Crippen molar-refractivity contribution < 1.29 is 24.0 Å². The van der Waals surface area contributed by atoms with Crippen molar-refractivity contribution in [1.29, 1.82) is 0 Å². The van der Waals surface area contributed by atoms with Gasteiger partial charge in [-0.05, 0) is 25.0 Å². The molecule has 0 bridgehead atoms. The molecule has 2 aromatic carbocycles. The molecule has 0 saturated heterocycles. The molecule has 9 heteroatoms. The molecule has 0 aliphatic rings. The van der Waals surface area contributed by atoms with Gasteiger partial charge in [-0.15, -0.1) is 0 Å². The first kappa shape index (κ1) is 23.7. The standard InChI is InChI=1S/C22H27N3O6/c1-4-12-23-22(27)16(2)24(14-17-8-6-5-7-9-17)21(26)15-31-18-10-11-19(25(28)29)20(13-18)30-3/h5-11,13,16H,4,12,14-15H2,1-3H3,(H,23,27)/t16-/m0/s1. The number of nitro benzene ring substituents is 1. The molecule has 9 nitrogen and oxygen atoms in total. The number of methoxy groups -OCH3 is 1. The van der Waals surface area contributed by atoms with Crippen LogP contribution < -0.4 is 14.8 Å². The van der Waals surface area contributed by atoms with Crippen LogP contribution in [0.1, 0.15) is 25.8 Å². The van der Waals surface area contributed by atoms with E-state index in [1.165, 1.54) is 30.2 Å². The molecular weight excluding hydrogens is 402 g/mol. The number of hydrogen-bond donors (Lipinski definition) is 1. The maximum Gasteiger partial charge on any atom is 0.311 e. The van der Waals surface area contributed by atoms with Gasteiger partial charge in [-0.3, -0.25) is 19.7 Å². The zero-order chi connectivity index (χ0) is 22.8. The van der Waals surface area contributed by atoms with Gasteiger partial charge >= 0.3 is 5.69 Å². The van der Waals surface area contributed by atoms with Gasteiger partial charge in [-0.1, -0.05) is 37.3 Å². The summed E-state index contributed by atoms with van der Waals surface area (Å²) in [7, 11) is 1.31. The van der Waals surface area contributed by atoms with E-state index in [2.05, 4.69) is 5.32 Å². The summed E-state index contributed by atoms with van der Waals surface area (Å²) < 4.78 is 10.6. The summed E-state index contributed by atoms with van der Waals surface area (Å²) in [4.78, 5) is 37.3. The highest BCUT2D eigenvalue weighted by atomic mass is 16.6. The molecular formula is C22H27N3O6. The highest BCUT2D eigenvalue weighted by molar-refractivity contribution is 5.87. The van der Waals surface area contributed by atoms with Crippen molar-refractivity contribution in [3.63, 3.8) is 0 Å². The van der Waals surface area contributed by atoms with E-state index in [1.807, 2.05) is 37.3 Å². The van der Waals surface area contributed by atoms with Crippen LogP contribution >= 0.6 is 0 Å². The van der Waals surface area contributed by atoms with Gasteiger partial charge in [0.1, 0.15) is 11.8 Å². The fraction of sp³-hybridized carbons (Fsp3) is 0.364. The third kappa shape index (κ3) is 6.70. The Hall–Kier alpha value is -3.62. The minimum atomic E-state index is -0.700. The molecule has 0 spiro atoms. The van der Waals surface area contributed by atoms with Gasteiger partial charge in [0.15, 0.2) is 6.61 Å². The first-order valence-corrected chi connectivity index (χ1v) is 9.93. The Morgan fingerprint density at radius 1 is 1.19 bits per heavy atom. The van der Waals surface area contributed by atoms with Gasteiger partial charge in [0.05, 0.1) is 12.0 Å². The number of carbonyl (C=O) groups excluding carboxylic acids is 2. The van der Waals surface area contributed by atoms with Crippen LogP contribution in [0.4, 0.5) is 5.69 Å². The zero-order valence-corrected chi connectivity index (χ0v) is 17.9. The topological polar surface area (TPSA) is 111 Å². The molecule has 31 heavy (non-hydrogen) atoms. The van der Waals surface area contributed by atoms with Gasteiger partial charge in [0.2, 0.25) is 11.7 Å². The lowest BCUT2D eigenvalue weighted by atomic mass is 10.1. The fourth-order valence-electron chi connectivity index (χ4n) is 2.89. The minimum absolute atomic E-state index is 0.0309. The van der Waals surface area contributed by atoms with Crippen molar-refractivity contribution in [2.75, 3.05) is 20.3 Å². The smallest absolute Gasteiger partial charge is 0.311 e. The summed E-state index contributed by atoms with van der Waals surface area (Å²) in [5.41, 5.74) is 0.677. The highest BCUT2D eigenvalue weighted by Crippen LogP contribution is 2.30. The van der Waals surface area contributed by atoms with Gasteiger partial charge in [0.25, 0.3) is 5.91 Å². The summed E-state index contributed by atoms with van der Waals surface area (Å²) in [6.07, 6.45) is 0.788. The molecule has 0 saturated carbocycles. The van der Waals surface area contributed by atoms with E-state index in [0.717, 1.165) is 12.0 Å². The highest BCUT2D eigenvalue weighted by Gasteiger charge is 2.26. The molecule has 2 rings (SSSR count). The molecule has 0 fully saturated rings. The van der Waals surface area contributed by atoms with Crippen molar-refractivity contribution in [2.24, 2.45) is 0 Å². The van der Waals surface area contributed by atoms with Crippen LogP contribution in [-0.2, 0) is 16.1 Å². The Morgan fingerprint density at radius 2 is 1.90 bits per heavy atom. The average Bonchev–Trinajstić information content (AvgIpc) is 2.79. The summed E-state index contributed by atoms with van der Waals surface area (Å²) in [5, 5.41) is 13.8. The van der Waals surface area contributed by atoms with E-state index >= 15 is 0 Å². The zero-order valence-electron chi connectivity index (χ0n) is 17.9. The Labute approximate surface area is 181 Å². The maximum atomic E-state index is 13.0. The van der Waals surface area contributed by atoms with Gasteiger partial charge in [0, 0.05) is 25.2 Å². The molecule has 0 unspecified atom stereocenters. The number of ether oxygens (including phenoxy) is 2. The van der Waals surface area contributed by atoms with Crippen LogP contribution in [0.15, 0.2) is 48.5 Å². The summed E-state index contributed by atoms with van der Waals surface area (Å²) >= 11 is 0. The molecule has 2 amide bonds. The van der Waals surface area contributed by atoms with E-state index in [1.54, 1.807) is 6.92 Å². The lowest BCUT2D eigenvalue weighted by Gasteiger charge is -2.28. The Morgan fingerprint density at radius 3 is 2.52 bits per heavy atom. The molecule has 1 atom stereocenters. The average molecular weight is 429 g/mol. The number of hydrogen-bond acceptors (Lipinski definition) is 6. The van der Waals surface area contributed by atoms with Crippen molar-refractivity contribution in [3.05, 3.63) is 64.2 Å². The van der Waals surface area contributed by atoms with E-state index in [0.29, 0.717) is 6.54 Å². The second-order valence-corrected chi connectivity index (χ2v) is 6.85. The van der Waals surface area contributed by atoms with Gasteiger partial charge in [-0.2, -0.15) is 0 Å². The molecule has 0 heterocycles. The second kappa shape index (κ2) is 11.5. The Balaban J connectivity index is 2.14. The first-order valence-electron chi connectivity index (χ1n) is 9.93. The number of nitro groups is 1. The summed E-state index contributed by atoms with van der Waals surface area (Å²) in [5.74, 6) is -0.356. The number of benzene rings is 2. The molecule has 0 aliphatic heterocycles. The largest absolute Gasteiger partial charge is 0.490 e. The van der Waals surface area contributed by atoms with E-state index < -0.39 is 11.0 Å². The fourth-order valence-corrected chi connectivity index (χ4v) is 2.89. The number of amides is 2. The Bertz CT molecular complexity index is 903. The van der Waals surface area contributed by atoms with Crippen LogP contribution in [0.5, 0.6) is 11.5 Å². The molecule has 166 valence electrons. The van der Waals surface area contributed by atoms with Crippen LogP contribution in [0.3, 0.4) is 0 Å². The normalized spacial score (nSPS) is 11.3. The predicted molar refractivity (Wildman–Crippen MR) is 115 cm³/mol. The minimum Gasteiger partial charge on any atom is -0.490 e. The predicted octanol–water partition coefficient (Wildman–Crippen LogP) is 2.93. The van der Waals surface area contributed by atoms with E-state index in [9.17, 15) is 19.7 Å². The van der Waals surface area contributed by atoms with Crippen LogP contribution in [0.2, 0.25) is 0 Å². The molecule has 2 aromatic rings. The number of nitrogens with one attached hydrogen (secondary N) is 1. The van der Waals surface area contributed by atoms with E-state index in [4.69, 9.17) is 9.47 Å². The molecule has 0 aromatic heterocycles. The summed E-state index contributed by atoms with van der Waals surface area (Å²) in [6.45, 7) is 4.05. The second-order valence-electron chi connectivity index (χ2n) is 6.85. The number of carbonyl (C=O) groups is 2. The van der Waals surface area contributed by atoms with Crippen LogP contribution in [0, 0.1) is 10.1 Å². The maximum absolute atomic E-state index is 13.0. The molecule has 1 N–H and O–H groups in total. The summed E-state index contributed by atoms with van der Waals surface area (Å²) in [6, 6.07) is 12.6. The third-order valence-electron chi connectivity index (χ3n) is 4.62. The quantitative estimate of drug-likeness (QED) is 0.434. The van der Waals surface area contributed by atoms with Crippen LogP contribution in [-0.4, -0.2) is 47.9 Å². The lowest BCUT2D eigenvalue weighted by molar-refractivity contribution is -0.385. The van der Waals surface area contributed by atoms with Gasteiger partial charge in [-0.25, -0.2) is 0 Å².